The Kier molecular flexibility index (Phi) is 5.42. The summed E-state index contributed by atoms with van der Waals surface area (Å²) in [5.74, 6) is -0.268. The molecule has 2 aliphatic heterocycles. The first kappa shape index (κ1) is 23.1. The molecule has 1 aromatic heterocycles. The molecule has 8 nitrogen and oxygen atoms in total. The quantitative estimate of drug-likeness (QED) is 0.610. The van der Waals surface area contributed by atoms with Gasteiger partial charge >= 0.3 is 0 Å². The third-order valence-corrected chi connectivity index (χ3v) is 7.08. The molecule has 8 heteroatoms. The van der Waals surface area contributed by atoms with Crippen LogP contribution in [0.4, 0.5) is 5.69 Å². The number of likely N-dealkylation sites (tertiary alicyclic amines) is 1. The lowest BCUT2D eigenvalue weighted by Gasteiger charge is -2.39. The lowest BCUT2D eigenvalue weighted by molar-refractivity contribution is -0.127. The van der Waals surface area contributed by atoms with E-state index in [4.69, 9.17) is 0 Å². The van der Waals surface area contributed by atoms with Crippen molar-refractivity contribution >= 4 is 34.3 Å². The number of nitrogens with one attached hydrogen (secondary N) is 2. The van der Waals surface area contributed by atoms with E-state index in [9.17, 15) is 14.4 Å². The number of fused-ring (bicyclic) bond motifs is 3. The zero-order chi connectivity index (χ0) is 25.0. The number of hydrogen-bond donors (Lipinski definition) is 2. The maximum atomic E-state index is 13.9. The van der Waals surface area contributed by atoms with Gasteiger partial charge in [0.2, 0.25) is 11.8 Å². The number of benzene rings is 2. The third kappa shape index (κ3) is 3.96. The van der Waals surface area contributed by atoms with Crippen LogP contribution in [0, 0.1) is 6.92 Å². The Morgan fingerprint density at radius 2 is 1.89 bits per heavy atom. The second kappa shape index (κ2) is 8.22. The van der Waals surface area contributed by atoms with Crippen LogP contribution in [0.3, 0.4) is 0 Å². The van der Waals surface area contributed by atoms with Crippen LogP contribution in [0.15, 0.2) is 42.6 Å². The normalized spacial score (nSPS) is 17.2. The van der Waals surface area contributed by atoms with E-state index in [1.165, 1.54) is 0 Å². The second-order valence-electron chi connectivity index (χ2n) is 10.7. The molecular formula is C27H31N5O3. The van der Waals surface area contributed by atoms with Crippen molar-refractivity contribution in [2.45, 2.75) is 51.5 Å². The summed E-state index contributed by atoms with van der Waals surface area (Å²) in [7, 11) is 0. The van der Waals surface area contributed by atoms with Gasteiger partial charge < -0.3 is 15.1 Å². The Balaban J connectivity index is 1.39. The van der Waals surface area contributed by atoms with Gasteiger partial charge in [-0.3, -0.25) is 19.5 Å². The van der Waals surface area contributed by atoms with Gasteiger partial charge in [-0.2, -0.15) is 5.10 Å². The molecule has 0 saturated carbocycles. The molecule has 0 atom stereocenters. The number of nitrogens with zero attached hydrogens (tertiary/aromatic N) is 3. The fourth-order valence-electron chi connectivity index (χ4n) is 5.55. The molecule has 35 heavy (non-hydrogen) atoms. The maximum absolute atomic E-state index is 13.9. The first-order valence-electron chi connectivity index (χ1n) is 12.0. The van der Waals surface area contributed by atoms with Crippen molar-refractivity contribution in [1.29, 1.82) is 0 Å². The molecule has 0 radical (unpaired) electrons. The van der Waals surface area contributed by atoms with E-state index in [-0.39, 0.29) is 29.8 Å². The number of aromatic nitrogens is 2. The summed E-state index contributed by atoms with van der Waals surface area (Å²) < 4.78 is 0. The minimum atomic E-state index is -0.714. The molecular weight excluding hydrogens is 442 g/mol. The van der Waals surface area contributed by atoms with Gasteiger partial charge in [0.1, 0.15) is 6.54 Å². The number of carbonyl (C=O) groups excluding carboxylic acids is 3. The molecule has 1 spiro atoms. The van der Waals surface area contributed by atoms with Crippen LogP contribution in [-0.2, 0) is 15.0 Å². The molecule has 5 rings (SSSR count). The van der Waals surface area contributed by atoms with Crippen LogP contribution in [0.2, 0.25) is 0 Å². The molecule has 3 heterocycles. The molecule has 0 aliphatic carbocycles. The zero-order valence-corrected chi connectivity index (χ0v) is 20.6. The average Bonchev–Trinajstić information content (AvgIpc) is 3.36. The van der Waals surface area contributed by atoms with E-state index in [2.05, 4.69) is 15.5 Å². The fraction of sp³-hybridized carbons (Fsp3) is 0.407. The smallest absolute Gasteiger partial charge is 0.253 e. The number of piperidine rings is 1. The fourth-order valence-corrected chi connectivity index (χ4v) is 5.55. The van der Waals surface area contributed by atoms with E-state index in [1.54, 1.807) is 11.1 Å². The largest absolute Gasteiger partial charge is 0.350 e. The second-order valence-corrected chi connectivity index (χ2v) is 10.7. The first-order chi connectivity index (χ1) is 16.6. The highest BCUT2D eigenvalue weighted by atomic mass is 16.2. The number of rotatable bonds is 3. The standard InChI is InChI=1S/C27H31N5O3/c1-17-6-5-7-21-23(17)27(25(35)32(21)16-22(33)29-26(2,3)4)10-12-31(13-11-27)24(34)18-8-9-20-19(14-18)15-28-30-20/h5-9,14-15H,10-13,16H2,1-4H3,(H,28,30)(H,29,33). The summed E-state index contributed by atoms with van der Waals surface area (Å²) in [6, 6.07) is 11.4. The molecule has 182 valence electrons. The van der Waals surface area contributed by atoms with Crippen molar-refractivity contribution in [2.75, 3.05) is 24.5 Å². The van der Waals surface area contributed by atoms with Crippen molar-refractivity contribution in [1.82, 2.24) is 20.4 Å². The number of hydrogen-bond acceptors (Lipinski definition) is 4. The minimum Gasteiger partial charge on any atom is -0.350 e. The van der Waals surface area contributed by atoms with Crippen molar-refractivity contribution in [3.05, 3.63) is 59.3 Å². The molecule has 1 fully saturated rings. The van der Waals surface area contributed by atoms with Crippen LogP contribution in [0.5, 0.6) is 0 Å². The summed E-state index contributed by atoms with van der Waals surface area (Å²) in [6.07, 6.45) is 2.76. The van der Waals surface area contributed by atoms with Crippen LogP contribution in [0.25, 0.3) is 10.9 Å². The van der Waals surface area contributed by atoms with Gasteiger partial charge in [0.05, 0.1) is 17.1 Å². The predicted octanol–water partition coefficient (Wildman–Crippen LogP) is 3.31. The number of carbonyl (C=O) groups is 3. The van der Waals surface area contributed by atoms with Crippen molar-refractivity contribution in [2.24, 2.45) is 0 Å². The van der Waals surface area contributed by atoms with E-state index in [0.29, 0.717) is 31.5 Å². The van der Waals surface area contributed by atoms with E-state index >= 15 is 0 Å². The van der Waals surface area contributed by atoms with Crippen molar-refractivity contribution in [3.8, 4) is 0 Å². The lowest BCUT2D eigenvalue weighted by atomic mass is 9.72. The summed E-state index contributed by atoms with van der Waals surface area (Å²) in [4.78, 5) is 43.3. The molecule has 0 unspecified atom stereocenters. The lowest BCUT2D eigenvalue weighted by Crippen LogP contribution is -2.52. The predicted molar refractivity (Wildman–Crippen MR) is 134 cm³/mol. The summed E-state index contributed by atoms with van der Waals surface area (Å²) >= 11 is 0. The van der Waals surface area contributed by atoms with Gasteiger partial charge in [-0.05, 0) is 75.9 Å². The minimum absolute atomic E-state index is 0.0122. The van der Waals surface area contributed by atoms with E-state index < -0.39 is 5.41 Å². The Hall–Kier alpha value is -3.68. The van der Waals surface area contributed by atoms with Gasteiger partial charge in [-0.15, -0.1) is 0 Å². The Bertz CT molecular complexity index is 1330. The Morgan fingerprint density at radius 3 is 2.60 bits per heavy atom. The van der Waals surface area contributed by atoms with E-state index in [1.807, 2.05) is 69.0 Å². The summed E-state index contributed by atoms with van der Waals surface area (Å²) in [5.41, 5.74) is 3.26. The highest BCUT2D eigenvalue weighted by Crippen LogP contribution is 2.49. The molecule has 2 aromatic carbocycles. The zero-order valence-electron chi connectivity index (χ0n) is 20.6. The number of anilines is 1. The summed E-state index contributed by atoms with van der Waals surface area (Å²) in [6.45, 7) is 8.73. The highest BCUT2D eigenvalue weighted by Gasteiger charge is 2.53. The van der Waals surface area contributed by atoms with Crippen LogP contribution in [-0.4, -0.2) is 58.0 Å². The molecule has 3 amide bonds. The summed E-state index contributed by atoms with van der Waals surface area (Å²) in [5, 5.41) is 10.8. The topological polar surface area (TPSA) is 98.4 Å². The SMILES string of the molecule is Cc1cccc2c1C1(CCN(C(=O)c3ccc4[nH]ncc4c3)CC1)C(=O)N2CC(=O)NC(C)(C)C. The molecule has 3 aromatic rings. The third-order valence-electron chi connectivity index (χ3n) is 7.08. The molecule has 0 bridgehead atoms. The number of aromatic amines is 1. The Morgan fingerprint density at radius 1 is 1.14 bits per heavy atom. The number of aryl methyl sites for hydroxylation is 1. The number of H-pyrrole nitrogens is 1. The van der Waals surface area contributed by atoms with Gasteiger partial charge in [-0.1, -0.05) is 12.1 Å². The maximum Gasteiger partial charge on any atom is 0.253 e. The Labute approximate surface area is 204 Å². The first-order valence-corrected chi connectivity index (χ1v) is 12.0. The van der Waals surface area contributed by atoms with Crippen molar-refractivity contribution < 1.29 is 14.4 Å². The molecule has 2 N–H and O–H groups in total. The van der Waals surface area contributed by atoms with Crippen LogP contribution < -0.4 is 10.2 Å². The number of amides is 3. The van der Waals surface area contributed by atoms with Crippen LogP contribution in [0.1, 0.15) is 55.1 Å². The average molecular weight is 474 g/mol. The van der Waals surface area contributed by atoms with Gasteiger partial charge in [-0.25, -0.2) is 0 Å². The molecule has 1 saturated heterocycles. The van der Waals surface area contributed by atoms with Crippen molar-refractivity contribution in [3.63, 3.8) is 0 Å². The monoisotopic (exact) mass is 473 g/mol. The van der Waals surface area contributed by atoms with Gasteiger partial charge in [0.25, 0.3) is 5.91 Å². The van der Waals surface area contributed by atoms with Gasteiger partial charge in [0, 0.05) is 35.3 Å². The molecule has 2 aliphatic rings. The van der Waals surface area contributed by atoms with E-state index in [0.717, 1.165) is 27.7 Å². The van der Waals surface area contributed by atoms with Gasteiger partial charge in [0.15, 0.2) is 0 Å². The van der Waals surface area contributed by atoms with Crippen LogP contribution >= 0.6 is 0 Å². The highest BCUT2D eigenvalue weighted by molar-refractivity contribution is 6.11.